The van der Waals surface area contributed by atoms with Gasteiger partial charge in [-0.25, -0.2) is 0 Å². The molecule has 1 heterocycles. The molecule has 0 unspecified atom stereocenters. The molecular weight excluding hydrogens is 138 g/mol. The highest BCUT2D eigenvalue weighted by Gasteiger charge is 2.37. The molecule has 1 aliphatic rings. The third-order valence-electron chi connectivity index (χ3n) is 2.63. The van der Waals surface area contributed by atoms with Crippen LogP contribution in [0.2, 0.25) is 0 Å². The van der Waals surface area contributed by atoms with E-state index >= 15 is 0 Å². The second-order valence-electron chi connectivity index (χ2n) is 4.03. The van der Waals surface area contributed by atoms with Crippen molar-refractivity contribution in [2.45, 2.75) is 38.8 Å². The summed E-state index contributed by atoms with van der Waals surface area (Å²) in [5, 5.41) is 0. The Morgan fingerprint density at radius 1 is 1.55 bits per heavy atom. The van der Waals surface area contributed by atoms with Crippen LogP contribution in [0.4, 0.5) is 0 Å². The quantitative estimate of drug-likeness (QED) is 0.615. The Kier molecular flexibility index (Phi) is 2.55. The second kappa shape index (κ2) is 3.11. The zero-order valence-corrected chi connectivity index (χ0v) is 8.05. The molecular formula is C9H19NO. The van der Waals surface area contributed by atoms with E-state index < -0.39 is 0 Å². The van der Waals surface area contributed by atoms with Gasteiger partial charge in [0.2, 0.25) is 0 Å². The Labute approximate surface area is 69.5 Å². The van der Waals surface area contributed by atoms with Crippen LogP contribution in [0.3, 0.4) is 0 Å². The van der Waals surface area contributed by atoms with Gasteiger partial charge in [0.15, 0.2) is 0 Å². The van der Waals surface area contributed by atoms with Gasteiger partial charge in [-0.1, -0.05) is 0 Å². The smallest absolute Gasteiger partial charge is 0.0651 e. The molecule has 0 saturated carbocycles. The zero-order chi connectivity index (χ0) is 8.48. The molecule has 1 rings (SSSR count). The van der Waals surface area contributed by atoms with Crippen LogP contribution >= 0.6 is 0 Å². The van der Waals surface area contributed by atoms with E-state index in [0.717, 1.165) is 6.61 Å². The first-order valence-corrected chi connectivity index (χ1v) is 4.37. The van der Waals surface area contributed by atoms with Crippen molar-refractivity contribution >= 4 is 0 Å². The molecule has 0 bridgehead atoms. The van der Waals surface area contributed by atoms with Crippen LogP contribution in [0.1, 0.15) is 27.2 Å². The van der Waals surface area contributed by atoms with E-state index in [9.17, 15) is 0 Å². The molecule has 1 fully saturated rings. The molecule has 0 aromatic heterocycles. The standard InChI is InChI=1S/C9H19NO/c1-8(2)11-7-9(3)5-6-10(9)4/h8H,5-7H2,1-4H3/t9-/m0/s1. The summed E-state index contributed by atoms with van der Waals surface area (Å²) in [6.45, 7) is 8.53. The van der Waals surface area contributed by atoms with Crippen LogP contribution in [0.25, 0.3) is 0 Å². The number of hydrogen-bond acceptors (Lipinski definition) is 2. The van der Waals surface area contributed by atoms with Gasteiger partial charge in [-0.3, -0.25) is 4.90 Å². The van der Waals surface area contributed by atoms with Crippen LogP contribution in [-0.2, 0) is 4.74 Å². The molecule has 1 saturated heterocycles. The highest BCUT2D eigenvalue weighted by molar-refractivity contribution is 4.93. The van der Waals surface area contributed by atoms with Crippen molar-refractivity contribution in [1.82, 2.24) is 4.90 Å². The first-order valence-electron chi connectivity index (χ1n) is 4.37. The lowest BCUT2D eigenvalue weighted by molar-refractivity contribution is -0.0646. The SMILES string of the molecule is CC(C)OC[C@]1(C)CCN1C. The summed E-state index contributed by atoms with van der Waals surface area (Å²) in [4.78, 5) is 2.36. The zero-order valence-electron chi connectivity index (χ0n) is 8.05. The van der Waals surface area contributed by atoms with Gasteiger partial charge in [-0.15, -0.1) is 0 Å². The predicted molar refractivity (Wildman–Crippen MR) is 46.7 cm³/mol. The molecule has 11 heavy (non-hydrogen) atoms. The predicted octanol–water partition coefficient (Wildman–Crippen LogP) is 1.51. The number of ether oxygens (including phenoxy) is 1. The number of nitrogens with zero attached hydrogens (tertiary/aromatic N) is 1. The number of hydrogen-bond donors (Lipinski definition) is 0. The van der Waals surface area contributed by atoms with Crippen LogP contribution in [0.5, 0.6) is 0 Å². The van der Waals surface area contributed by atoms with Crippen LogP contribution in [0, 0.1) is 0 Å². The van der Waals surface area contributed by atoms with Crippen molar-refractivity contribution in [1.29, 1.82) is 0 Å². The van der Waals surface area contributed by atoms with Crippen molar-refractivity contribution in [3.8, 4) is 0 Å². The van der Waals surface area contributed by atoms with Gasteiger partial charge in [0.25, 0.3) is 0 Å². The Morgan fingerprint density at radius 2 is 2.18 bits per heavy atom. The van der Waals surface area contributed by atoms with Crippen molar-refractivity contribution in [3.63, 3.8) is 0 Å². The highest BCUT2D eigenvalue weighted by Crippen LogP contribution is 2.28. The highest BCUT2D eigenvalue weighted by atomic mass is 16.5. The lowest BCUT2D eigenvalue weighted by atomic mass is 9.88. The first kappa shape index (κ1) is 9.01. The van der Waals surface area contributed by atoms with Gasteiger partial charge < -0.3 is 4.74 Å². The fourth-order valence-corrected chi connectivity index (χ4v) is 1.25. The fourth-order valence-electron chi connectivity index (χ4n) is 1.25. The molecule has 1 aliphatic heterocycles. The summed E-state index contributed by atoms with van der Waals surface area (Å²) in [7, 11) is 2.16. The topological polar surface area (TPSA) is 12.5 Å². The van der Waals surface area contributed by atoms with E-state index in [-0.39, 0.29) is 0 Å². The van der Waals surface area contributed by atoms with Crippen molar-refractivity contribution in [2.75, 3.05) is 20.2 Å². The molecule has 0 spiro atoms. The third kappa shape index (κ3) is 1.94. The van der Waals surface area contributed by atoms with Crippen molar-refractivity contribution in [2.24, 2.45) is 0 Å². The molecule has 0 aliphatic carbocycles. The van der Waals surface area contributed by atoms with E-state index in [0.29, 0.717) is 11.6 Å². The normalized spacial score (nSPS) is 32.5. The van der Waals surface area contributed by atoms with E-state index in [1.807, 2.05) is 0 Å². The minimum atomic E-state index is 0.324. The van der Waals surface area contributed by atoms with Gasteiger partial charge in [0, 0.05) is 12.1 Å². The Hall–Kier alpha value is -0.0800. The molecule has 2 nitrogen and oxygen atoms in total. The first-order chi connectivity index (χ1) is 5.04. The Balaban J connectivity index is 2.25. The molecule has 0 aromatic rings. The summed E-state index contributed by atoms with van der Waals surface area (Å²) < 4.78 is 5.58. The van der Waals surface area contributed by atoms with E-state index in [4.69, 9.17) is 4.74 Å². The van der Waals surface area contributed by atoms with E-state index in [2.05, 4.69) is 32.7 Å². The average Bonchev–Trinajstić information content (AvgIpc) is 1.97. The summed E-state index contributed by atoms with van der Waals surface area (Å²) in [5.41, 5.74) is 0.324. The molecule has 2 heteroatoms. The third-order valence-corrected chi connectivity index (χ3v) is 2.63. The maximum absolute atomic E-state index is 5.58. The molecule has 0 amide bonds. The largest absolute Gasteiger partial charge is 0.377 e. The number of likely N-dealkylation sites (tertiary alicyclic amines) is 1. The molecule has 66 valence electrons. The van der Waals surface area contributed by atoms with Crippen molar-refractivity contribution < 1.29 is 4.74 Å². The molecule has 0 N–H and O–H groups in total. The molecule has 0 aromatic carbocycles. The molecule has 0 radical (unpaired) electrons. The van der Waals surface area contributed by atoms with Gasteiger partial charge in [0.1, 0.15) is 0 Å². The number of rotatable bonds is 3. The summed E-state index contributed by atoms with van der Waals surface area (Å²) in [6, 6.07) is 0. The van der Waals surface area contributed by atoms with Crippen LogP contribution in [-0.4, -0.2) is 36.7 Å². The number of likely N-dealkylation sites (N-methyl/N-ethyl adjacent to an activating group) is 1. The lowest BCUT2D eigenvalue weighted by Gasteiger charge is -2.48. The maximum Gasteiger partial charge on any atom is 0.0651 e. The fraction of sp³-hybridized carbons (Fsp3) is 1.00. The maximum atomic E-state index is 5.58. The summed E-state index contributed by atoms with van der Waals surface area (Å²) in [6.07, 6.45) is 1.64. The minimum absolute atomic E-state index is 0.324. The van der Waals surface area contributed by atoms with Crippen LogP contribution in [0.15, 0.2) is 0 Å². The van der Waals surface area contributed by atoms with Gasteiger partial charge in [-0.05, 0) is 34.2 Å². The Morgan fingerprint density at radius 3 is 2.45 bits per heavy atom. The lowest BCUT2D eigenvalue weighted by Crippen LogP contribution is -2.58. The van der Waals surface area contributed by atoms with E-state index in [1.54, 1.807) is 0 Å². The summed E-state index contributed by atoms with van der Waals surface area (Å²) >= 11 is 0. The monoisotopic (exact) mass is 157 g/mol. The van der Waals surface area contributed by atoms with Gasteiger partial charge in [-0.2, -0.15) is 0 Å². The minimum Gasteiger partial charge on any atom is -0.377 e. The van der Waals surface area contributed by atoms with Gasteiger partial charge >= 0.3 is 0 Å². The summed E-state index contributed by atoms with van der Waals surface area (Å²) in [5.74, 6) is 0. The van der Waals surface area contributed by atoms with Crippen LogP contribution < -0.4 is 0 Å². The Bertz CT molecular complexity index is 136. The van der Waals surface area contributed by atoms with Gasteiger partial charge in [0.05, 0.1) is 12.7 Å². The molecule has 1 atom stereocenters. The second-order valence-corrected chi connectivity index (χ2v) is 4.03. The van der Waals surface area contributed by atoms with E-state index in [1.165, 1.54) is 13.0 Å². The average molecular weight is 157 g/mol. The van der Waals surface area contributed by atoms with Crippen molar-refractivity contribution in [3.05, 3.63) is 0 Å².